The Morgan fingerprint density at radius 2 is 1.66 bits per heavy atom. The molecule has 0 aromatic heterocycles. The van der Waals surface area contributed by atoms with Crippen LogP contribution in [-0.2, 0) is 38.2 Å². The molecule has 3 rings (SSSR count). The van der Waals surface area contributed by atoms with Crippen LogP contribution in [-0.4, -0.2) is 89.8 Å². The van der Waals surface area contributed by atoms with E-state index in [0.717, 1.165) is 0 Å². The number of hydrogen-bond acceptors (Lipinski definition) is 9. The molecule has 1 saturated heterocycles. The highest BCUT2D eigenvalue weighted by atomic mass is 16.6. The maximum atomic E-state index is 13.6. The zero-order valence-corrected chi connectivity index (χ0v) is 29.6. The van der Waals surface area contributed by atoms with Gasteiger partial charge in [-0.2, -0.15) is 0 Å². The van der Waals surface area contributed by atoms with Crippen molar-refractivity contribution in [3.8, 4) is 0 Å². The molecule has 5 amide bonds. The number of rotatable bonds is 10. The molecule has 14 heteroatoms. The number of hydrogen-bond donors (Lipinski definition) is 4. The largest absolute Gasteiger partial charge is 0.458 e. The van der Waals surface area contributed by atoms with Crippen LogP contribution in [0.3, 0.4) is 0 Å². The third-order valence-electron chi connectivity index (χ3n) is 7.98. The monoisotopic (exact) mass is 697 g/mol. The molecule has 274 valence electrons. The van der Waals surface area contributed by atoms with Gasteiger partial charge in [-0.05, 0) is 77.2 Å². The smallest absolute Gasteiger partial charge is 0.407 e. The predicted octanol–water partition coefficient (Wildman–Crippen LogP) is 2.62. The van der Waals surface area contributed by atoms with Gasteiger partial charge in [-0.1, -0.05) is 56.3 Å². The van der Waals surface area contributed by atoms with Crippen molar-refractivity contribution in [1.29, 1.82) is 0 Å². The van der Waals surface area contributed by atoms with Gasteiger partial charge in [-0.25, -0.2) is 9.59 Å². The zero-order valence-electron chi connectivity index (χ0n) is 29.6. The van der Waals surface area contributed by atoms with E-state index in [-0.39, 0.29) is 25.5 Å². The van der Waals surface area contributed by atoms with Crippen LogP contribution >= 0.6 is 0 Å². The number of carbonyl (C=O) groups is 7. The van der Waals surface area contributed by atoms with Gasteiger partial charge in [0, 0.05) is 6.54 Å². The van der Waals surface area contributed by atoms with Crippen LogP contribution in [0.1, 0.15) is 91.2 Å². The quantitative estimate of drug-likeness (QED) is 0.162. The molecule has 1 aromatic rings. The maximum absolute atomic E-state index is 13.6. The first-order chi connectivity index (χ1) is 23.7. The number of ether oxygens (including phenoxy) is 2. The van der Waals surface area contributed by atoms with E-state index in [4.69, 9.17) is 9.47 Å². The van der Waals surface area contributed by atoms with Crippen LogP contribution < -0.4 is 21.3 Å². The average Bonchev–Trinajstić information content (AvgIpc) is 3.56. The normalized spacial score (nSPS) is 21.5. The van der Waals surface area contributed by atoms with E-state index in [2.05, 4.69) is 21.3 Å². The summed E-state index contributed by atoms with van der Waals surface area (Å²) in [5.41, 5.74) is -0.342. The fourth-order valence-corrected chi connectivity index (χ4v) is 5.56. The Kier molecular flexibility index (Phi) is 15.0. The van der Waals surface area contributed by atoms with E-state index in [0.29, 0.717) is 44.1 Å². The maximum Gasteiger partial charge on any atom is 0.407 e. The SMILES string of the molecule is CC(C)COC(=O)N[C@@H]1CC/C=C/CCCC(C(=O)C(=O)NCC(=O)N[C@H](C(=O)OC(C)(C)C)c2ccccc2)NC(=O)[C@@H]2CCCN2C1=O. The molecule has 2 aliphatic heterocycles. The lowest BCUT2D eigenvalue weighted by Gasteiger charge is -2.29. The Morgan fingerprint density at radius 1 is 0.960 bits per heavy atom. The van der Waals surface area contributed by atoms with Crippen LogP contribution in [0.25, 0.3) is 0 Å². The van der Waals surface area contributed by atoms with E-state index < -0.39 is 77.8 Å². The molecule has 0 bridgehead atoms. The van der Waals surface area contributed by atoms with Crippen molar-refractivity contribution in [2.24, 2.45) is 5.92 Å². The molecule has 1 unspecified atom stereocenters. The average molecular weight is 698 g/mol. The molecule has 14 nitrogen and oxygen atoms in total. The van der Waals surface area contributed by atoms with E-state index in [1.54, 1.807) is 51.1 Å². The molecule has 0 aliphatic carbocycles. The number of nitrogens with one attached hydrogen (secondary N) is 4. The minimum atomic E-state index is -1.21. The lowest BCUT2D eigenvalue weighted by Crippen LogP contribution is -2.56. The van der Waals surface area contributed by atoms with E-state index in [1.165, 1.54) is 4.90 Å². The first-order valence-electron chi connectivity index (χ1n) is 17.2. The van der Waals surface area contributed by atoms with Gasteiger partial charge in [0.1, 0.15) is 17.7 Å². The van der Waals surface area contributed by atoms with Crippen LogP contribution in [0.4, 0.5) is 4.79 Å². The fraction of sp³-hybridized carbons (Fsp3) is 0.583. The Balaban J connectivity index is 1.68. The first-order valence-corrected chi connectivity index (χ1v) is 17.2. The molecule has 0 radical (unpaired) electrons. The molecule has 0 spiro atoms. The minimum absolute atomic E-state index is 0.112. The Hall–Kier alpha value is -4.75. The molecule has 2 aliphatic rings. The second kappa shape index (κ2) is 18.9. The third kappa shape index (κ3) is 12.6. The Morgan fingerprint density at radius 3 is 2.34 bits per heavy atom. The van der Waals surface area contributed by atoms with Crippen molar-refractivity contribution < 1.29 is 43.0 Å². The predicted molar refractivity (Wildman–Crippen MR) is 183 cm³/mol. The van der Waals surface area contributed by atoms with Crippen LogP contribution in [0.2, 0.25) is 0 Å². The summed E-state index contributed by atoms with van der Waals surface area (Å²) in [4.78, 5) is 93.2. The van der Waals surface area contributed by atoms with Gasteiger partial charge in [0.25, 0.3) is 5.91 Å². The van der Waals surface area contributed by atoms with Crippen LogP contribution in [0.5, 0.6) is 0 Å². The molecular weight excluding hydrogens is 646 g/mol. The summed E-state index contributed by atoms with van der Waals surface area (Å²) in [7, 11) is 0. The summed E-state index contributed by atoms with van der Waals surface area (Å²) in [5, 5.41) is 10.2. The van der Waals surface area contributed by atoms with Crippen molar-refractivity contribution >= 4 is 41.5 Å². The topological polar surface area (TPSA) is 189 Å². The van der Waals surface area contributed by atoms with Crippen LogP contribution in [0.15, 0.2) is 42.5 Å². The second-order valence-corrected chi connectivity index (χ2v) is 13.9. The lowest BCUT2D eigenvalue weighted by molar-refractivity contribution is -0.158. The van der Waals surface area contributed by atoms with Gasteiger partial charge in [-0.3, -0.25) is 24.0 Å². The van der Waals surface area contributed by atoms with Crippen molar-refractivity contribution in [2.45, 2.75) is 109 Å². The van der Waals surface area contributed by atoms with Gasteiger partial charge in [0.05, 0.1) is 19.2 Å². The Bertz CT molecular complexity index is 1410. The number of carbonyl (C=O) groups excluding carboxylic acids is 7. The number of esters is 1. The number of amides is 5. The highest BCUT2D eigenvalue weighted by molar-refractivity contribution is 6.38. The van der Waals surface area contributed by atoms with Crippen molar-refractivity contribution in [3.63, 3.8) is 0 Å². The first kappa shape index (κ1) is 39.7. The number of Topliss-reactive ketones (excluding diaryl/α,β-unsaturated/α-hetero) is 1. The van der Waals surface area contributed by atoms with Gasteiger partial charge >= 0.3 is 12.1 Å². The number of alkyl carbamates (subject to hydrolysis) is 1. The van der Waals surface area contributed by atoms with Crippen molar-refractivity contribution in [2.75, 3.05) is 19.7 Å². The number of allylic oxidation sites excluding steroid dienone is 2. The minimum Gasteiger partial charge on any atom is -0.458 e. The molecule has 2 heterocycles. The van der Waals surface area contributed by atoms with E-state index >= 15 is 0 Å². The summed E-state index contributed by atoms with van der Waals surface area (Å²) in [5.74, 6) is -4.36. The number of benzene rings is 1. The van der Waals surface area contributed by atoms with E-state index in [9.17, 15) is 33.6 Å². The van der Waals surface area contributed by atoms with Crippen molar-refractivity contribution in [1.82, 2.24) is 26.2 Å². The molecule has 1 aromatic carbocycles. The number of ketones is 1. The third-order valence-corrected chi connectivity index (χ3v) is 7.98. The molecule has 1 fully saturated rings. The number of fused-ring (bicyclic) bond motifs is 1. The standard InChI is InChI=1S/C36H51N5O9/c1-23(2)22-49-35(48)39-26-18-13-8-6-7-12-17-25(38-31(44)27-19-14-20-41(27)33(26)46)30(43)32(45)37-21-28(42)40-29(24-15-10-9-11-16-24)34(47)50-36(3,4)5/h6,8-11,15-16,23,25-27,29H,7,12-14,17-22H2,1-5H3,(H,37,45)(H,38,44)(H,39,48)(H,40,42)/b8-6+/t25?,26-,27+,29+/m1/s1. The van der Waals surface area contributed by atoms with Crippen molar-refractivity contribution in [3.05, 3.63) is 48.0 Å². The van der Waals surface area contributed by atoms with Gasteiger partial charge in [-0.15, -0.1) is 0 Å². The summed E-state index contributed by atoms with van der Waals surface area (Å²) < 4.78 is 10.7. The Labute approximate surface area is 293 Å². The summed E-state index contributed by atoms with van der Waals surface area (Å²) in [6, 6.07) is 4.30. The zero-order chi connectivity index (χ0) is 36.8. The summed E-state index contributed by atoms with van der Waals surface area (Å²) in [6.07, 6.45) is 5.88. The molecular formula is C36H51N5O9. The molecule has 4 atom stereocenters. The highest BCUT2D eigenvalue weighted by Gasteiger charge is 2.39. The molecule has 50 heavy (non-hydrogen) atoms. The lowest BCUT2D eigenvalue weighted by atomic mass is 10.0. The summed E-state index contributed by atoms with van der Waals surface area (Å²) >= 11 is 0. The summed E-state index contributed by atoms with van der Waals surface area (Å²) in [6.45, 7) is 8.75. The molecule has 4 N–H and O–H groups in total. The van der Waals surface area contributed by atoms with Gasteiger partial charge in [0.15, 0.2) is 6.04 Å². The molecule has 0 saturated carbocycles. The van der Waals surface area contributed by atoms with Crippen LogP contribution in [0, 0.1) is 5.92 Å². The van der Waals surface area contributed by atoms with Gasteiger partial charge < -0.3 is 35.6 Å². The fourth-order valence-electron chi connectivity index (χ4n) is 5.56. The number of nitrogens with zero attached hydrogens (tertiary/aromatic N) is 1. The second-order valence-electron chi connectivity index (χ2n) is 13.9. The van der Waals surface area contributed by atoms with Gasteiger partial charge in [0.2, 0.25) is 23.5 Å². The van der Waals surface area contributed by atoms with E-state index in [1.807, 2.05) is 26.0 Å². The highest BCUT2D eigenvalue weighted by Crippen LogP contribution is 2.22.